The molecule has 4 nitrogen and oxygen atoms in total. The fourth-order valence-electron chi connectivity index (χ4n) is 2.93. The highest BCUT2D eigenvalue weighted by Crippen LogP contribution is 2.36. The summed E-state index contributed by atoms with van der Waals surface area (Å²) in [7, 11) is 0. The van der Waals surface area contributed by atoms with E-state index < -0.39 is 0 Å². The Hall–Kier alpha value is -2.48. The van der Waals surface area contributed by atoms with E-state index in [2.05, 4.69) is 11.1 Å². The molecule has 0 saturated carbocycles. The lowest BCUT2D eigenvalue weighted by Crippen LogP contribution is -2.06. The summed E-state index contributed by atoms with van der Waals surface area (Å²) >= 11 is 12.7. The number of benzene rings is 2. The van der Waals surface area contributed by atoms with Gasteiger partial charge in [-0.3, -0.25) is 0 Å². The third-order valence-corrected chi connectivity index (χ3v) is 4.58. The topological polar surface area (TPSA) is 50.8 Å². The molecule has 0 aliphatic heterocycles. The van der Waals surface area contributed by atoms with Crippen molar-refractivity contribution in [3.63, 3.8) is 0 Å². The zero-order valence-corrected chi connectivity index (χ0v) is 16.8. The van der Waals surface area contributed by atoms with Crippen molar-refractivity contribution in [2.24, 2.45) is 0 Å². The Bertz CT molecular complexity index is 1040. The quantitative estimate of drug-likeness (QED) is 0.478. The molecule has 1 aromatic heterocycles. The molecule has 138 valence electrons. The van der Waals surface area contributed by atoms with Crippen LogP contribution in [-0.2, 0) is 6.54 Å². The number of imidazole rings is 1. The fourth-order valence-corrected chi connectivity index (χ4v) is 3.52. The number of nitriles is 1. The number of ether oxygens (including phenoxy) is 1. The zero-order valence-electron chi connectivity index (χ0n) is 15.3. The van der Waals surface area contributed by atoms with Gasteiger partial charge in [0.1, 0.15) is 6.07 Å². The van der Waals surface area contributed by atoms with E-state index in [9.17, 15) is 5.26 Å². The van der Waals surface area contributed by atoms with Gasteiger partial charge in [-0.1, -0.05) is 35.3 Å². The third-order valence-electron chi connectivity index (χ3n) is 4.02. The highest BCUT2D eigenvalue weighted by molar-refractivity contribution is 6.37. The van der Waals surface area contributed by atoms with E-state index in [0.29, 0.717) is 39.3 Å². The molecular formula is C21H19Cl2N3O. The van der Waals surface area contributed by atoms with Gasteiger partial charge in [0, 0.05) is 6.54 Å². The summed E-state index contributed by atoms with van der Waals surface area (Å²) in [4.78, 5) is 4.63. The van der Waals surface area contributed by atoms with Gasteiger partial charge >= 0.3 is 0 Å². The summed E-state index contributed by atoms with van der Waals surface area (Å²) in [5.41, 5.74) is 3.00. The maximum Gasteiger partial charge on any atom is 0.156 e. The molecule has 1 heterocycles. The summed E-state index contributed by atoms with van der Waals surface area (Å²) in [6.07, 6.45) is 1.70. The van der Waals surface area contributed by atoms with Crippen molar-refractivity contribution in [3.05, 3.63) is 57.8 Å². The van der Waals surface area contributed by atoms with Crippen molar-refractivity contribution in [3.8, 4) is 11.8 Å². The van der Waals surface area contributed by atoms with Crippen LogP contribution in [0, 0.1) is 11.3 Å². The molecule has 0 bridgehead atoms. The van der Waals surface area contributed by atoms with E-state index in [0.717, 1.165) is 11.0 Å². The van der Waals surface area contributed by atoms with Gasteiger partial charge in [-0.25, -0.2) is 4.98 Å². The van der Waals surface area contributed by atoms with Gasteiger partial charge in [-0.15, -0.1) is 0 Å². The molecule has 0 spiro atoms. The molecule has 0 amide bonds. The maximum atomic E-state index is 9.74. The van der Waals surface area contributed by atoms with Crippen LogP contribution in [-0.4, -0.2) is 15.7 Å². The van der Waals surface area contributed by atoms with E-state index in [-0.39, 0.29) is 6.10 Å². The molecule has 0 atom stereocenters. The molecule has 2 aromatic carbocycles. The molecule has 0 aliphatic rings. The number of aromatic nitrogens is 2. The first-order chi connectivity index (χ1) is 12.9. The van der Waals surface area contributed by atoms with Crippen LogP contribution in [0.5, 0.6) is 5.75 Å². The lowest BCUT2D eigenvalue weighted by molar-refractivity contribution is 0.243. The number of fused-ring (bicyclic) bond motifs is 1. The van der Waals surface area contributed by atoms with Crippen LogP contribution >= 0.6 is 23.2 Å². The molecule has 6 heteroatoms. The summed E-state index contributed by atoms with van der Waals surface area (Å²) in [5.74, 6) is 1.07. The Morgan fingerprint density at radius 3 is 2.52 bits per heavy atom. The predicted molar refractivity (Wildman–Crippen MR) is 111 cm³/mol. The maximum absolute atomic E-state index is 9.74. The Kier molecular flexibility index (Phi) is 5.74. The Labute approximate surface area is 168 Å². The number of halogens is 2. The van der Waals surface area contributed by atoms with E-state index >= 15 is 0 Å². The molecular weight excluding hydrogens is 381 g/mol. The number of hydrogen-bond acceptors (Lipinski definition) is 3. The highest BCUT2D eigenvalue weighted by atomic mass is 35.5. The van der Waals surface area contributed by atoms with Crippen molar-refractivity contribution in [2.45, 2.75) is 33.4 Å². The van der Waals surface area contributed by atoms with Crippen LogP contribution in [0.15, 0.2) is 36.4 Å². The molecule has 0 N–H and O–H groups in total. The third kappa shape index (κ3) is 3.95. The minimum absolute atomic E-state index is 0.0412. The number of aryl methyl sites for hydroxylation is 1. The fraction of sp³-hybridized carbons (Fsp3) is 0.238. The predicted octanol–water partition coefficient (Wildman–Crippen LogP) is 6.21. The van der Waals surface area contributed by atoms with Gasteiger partial charge in [-0.05, 0) is 56.7 Å². The van der Waals surface area contributed by atoms with Crippen LogP contribution in [0.4, 0.5) is 0 Å². The lowest BCUT2D eigenvalue weighted by Gasteiger charge is -2.13. The van der Waals surface area contributed by atoms with Crippen molar-refractivity contribution >= 4 is 45.9 Å². The Morgan fingerprint density at radius 2 is 1.93 bits per heavy atom. The SMILES string of the molecule is CCn1c(/C(C#N)=C\c2cc(Cl)c(OC(C)C)c(Cl)c2)nc2ccccc21. The van der Waals surface area contributed by atoms with Gasteiger partial charge in [0.15, 0.2) is 11.6 Å². The summed E-state index contributed by atoms with van der Waals surface area (Å²) in [6, 6.07) is 13.5. The van der Waals surface area contributed by atoms with Crippen LogP contribution in [0.25, 0.3) is 22.7 Å². The molecule has 27 heavy (non-hydrogen) atoms. The van der Waals surface area contributed by atoms with Gasteiger partial charge in [-0.2, -0.15) is 5.26 Å². The molecule has 3 aromatic rings. The first-order valence-corrected chi connectivity index (χ1v) is 9.43. The summed E-state index contributed by atoms with van der Waals surface area (Å²) in [6.45, 7) is 6.54. The minimum atomic E-state index is -0.0412. The normalized spacial score (nSPS) is 11.8. The second-order valence-electron chi connectivity index (χ2n) is 6.32. The standard InChI is InChI=1S/C21H19Cl2N3O/c1-4-26-19-8-6-5-7-18(19)25-21(26)15(12-24)9-14-10-16(22)20(17(23)11-14)27-13(2)3/h5-11,13H,4H2,1-3H3/b15-9-. The van der Waals surface area contributed by atoms with E-state index in [4.69, 9.17) is 27.9 Å². The number of para-hydroxylation sites is 2. The zero-order chi connectivity index (χ0) is 19.6. The smallest absolute Gasteiger partial charge is 0.156 e. The second kappa shape index (κ2) is 8.04. The molecule has 0 radical (unpaired) electrons. The number of hydrogen-bond donors (Lipinski definition) is 0. The largest absolute Gasteiger partial charge is 0.488 e. The molecule has 0 unspecified atom stereocenters. The van der Waals surface area contributed by atoms with Gasteiger partial charge < -0.3 is 9.30 Å². The number of nitrogens with zero attached hydrogens (tertiary/aromatic N) is 3. The molecule has 0 fully saturated rings. The van der Waals surface area contributed by atoms with Gasteiger partial charge in [0.05, 0.1) is 32.8 Å². The molecule has 0 saturated heterocycles. The van der Waals surface area contributed by atoms with E-state index in [1.165, 1.54) is 0 Å². The summed E-state index contributed by atoms with van der Waals surface area (Å²) in [5, 5.41) is 10.5. The van der Waals surface area contributed by atoms with Crippen molar-refractivity contribution in [1.82, 2.24) is 9.55 Å². The van der Waals surface area contributed by atoms with Crippen LogP contribution in [0.1, 0.15) is 32.2 Å². The van der Waals surface area contributed by atoms with Gasteiger partial charge in [0.25, 0.3) is 0 Å². The highest BCUT2D eigenvalue weighted by Gasteiger charge is 2.15. The minimum Gasteiger partial charge on any atom is -0.488 e. The number of allylic oxidation sites excluding steroid dienone is 1. The monoisotopic (exact) mass is 399 g/mol. The van der Waals surface area contributed by atoms with Gasteiger partial charge in [0.2, 0.25) is 0 Å². The number of rotatable bonds is 5. The van der Waals surface area contributed by atoms with E-state index in [1.807, 2.05) is 49.6 Å². The molecule has 3 rings (SSSR count). The van der Waals surface area contributed by atoms with E-state index in [1.54, 1.807) is 18.2 Å². The van der Waals surface area contributed by atoms with Crippen molar-refractivity contribution < 1.29 is 4.74 Å². The Balaban J connectivity index is 2.09. The van der Waals surface area contributed by atoms with Crippen LogP contribution < -0.4 is 4.74 Å². The molecule has 0 aliphatic carbocycles. The summed E-state index contributed by atoms with van der Waals surface area (Å²) < 4.78 is 7.67. The lowest BCUT2D eigenvalue weighted by atomic mass is 10.1. The van der Waals surface area contributed by atoms with Crippen LogP contribution in [0.3, 0.4) is 0 Å². The van der Waals surface area contributed by atoms with Crippen molar-refractivity contribution in [2.75, 3.05) is 0 Å². The first-order valence-electron chi connectivity index (χ1n) is 8.67. The average Bonchev–Trinajstić information content (AvgIpc) is 3.01. The average molecular weight is 400 g/mol. The van der Waals surface area contributed by atoms with Crippen LogP contribution in [0.2, 0.25) is 10.0 Å². The first kappa shape index (κ1) is 19.3. The second-order valence-corrected chi connectivity index (χ2v) is 7.13. The Morgan fingerprint density at radius 1 is 1.26 bits per heavy atom. The van der Waals surface area contributed by atoms with Crippen molar-refractivity contribution in [1.29, 1.82) is 5.26 Å².